The van der Waals surface area contributed by atoms with E-state index in [-0.39, 0.29) is 18.3 Å². The fourth-order valence-corrected chi connectivity index (χ4v) is 1.96. The molecule has 1 heterocycles. The van der Waals surface area contributed by atoms with Crippen molar-refractivity contribution in [1.29, 1.82) is 0 Å². The van der Waals surface area contributed by atoms with Gasteiger partial charge < -0.3 is 10.0 Å². The minimum Gasteiger partial charge on any atom is -0.394 e. The Morgan fingerprint density at radius 1 is 1.47 bits per heavy atom. The fourth-order valence-electron chi connectivity index (χ4n) is 1.96. The third-order valence-electron chi connectivity index (χ3n) is 3.20. The van der Waals surface area contributed by atoms with E-state index >= 15 is 0 Å². The predicted molar refractivity (Wildman–Crippen MR) is 73.3 cm³/mol. The van der Waals surface area contributed by atoms with E-state index in [0.29, 0.717) is 16.6 Å². The quantitative estimate of drug-likeness (QED) is 0.672. The van der Waals surface area contributed by atoms with Gasteiger partial charge in [-0.3, -0.25) is 10.1 Å². The van der Waals surface area contributed by atoms with E-state index in [4.69, 9.17) is 0 Å². The van der Waals surface area contributed by atoms with Crippen LogP contribution < -0.4 is 4.90 Å². The normalized spacial score (nSPS) is 12.4. The molecule has 6 heteroatoms. The summed E-state index contributed by atoms with van der Waals surface area (Å²) < 4.78 is 0. The second-order valence-corrected chi connectivity index (χ2v) is 4.41. The lowest BCUT2D eigenvalue weighted by Gasteiger charge is -2.26. The summed E-state index contributed by atoms with van der Waals surface area (Å²) in [6.07, 6.45) is 1.26. The summed E-state index contributed by atoms with van der Waals surface area (Å²) in [5, 5.41) is 21.1. The molecule has 1 aromatic heterocycles. The van der Waals surface area contributed by atoms with E-state index in [1.54, 1.807) is 31.0 Å². The van der Waals surface area contributed by atoms with E-state index in [0.717, 1.165) is 0 Å². The first-order chi connectivity index (χ1) is 9.06. The van der Waals surface area contributed by atoms with Crippen molar-refractivity contribution in [3.63, 3.8) is 0 Å². The Hall–Kier alpha value is -2.21. The number of nitrogens with zero attached hydrogens (tertiary/aromatic N) is 3. The lowest BCUT2D eigenvalue weighted by Crippen LogP contribution is -2.32. The lowest BCUT2D eigenvalue weighted by atomic mass is 10.1. The van der Waals surface area contributed by atoms with Gasteiger partial charge in [0, 0.05) is 18.5 Å². The maximum absolute atomic E-state index is 11.2. The maximum atomic E-state index is 11.2. The number of aromatic nitrogens is 1. The van der Waals surface area contributed by atoms with Gasteiger partial charge in [-0.25, -0.2) is 4.98 Å². The summed E-state index contributed by atoms with van der Waals surface area (Å²) in [7, 11) is 1.73. The van der Waals surface area contributed by atoms with Crippen LogP contribution in [0, 0.1) is 10.1 Å². The molecule has 0 saturated carbocycles. The zero-order chi connectivity index (χ0) is 14.0. The first-order valence-corrected chi connectivity index (χ1v) is 5.92. The number of pyridine rings is 1. The molecule has 0 aliphatic rings. The number of hydrogen-bond donors (Lipinski definition) is 1. The van der Waals surface area contributed by atoms with Crippen molar-refractivity contribution in [2.45, 2.75) is 13.0 Å². The van der Waals surface area contributed by atoms with Gasteiger partial charge in [-0.1, -0.05) is 18.2 Å². The molecule has 2 rings (SSSR count). The summed E-state index contributed by atoms with van der Waals surface area (Å²) in [5.41, 5.74) is 1.12. The number of hydrogen-bond acceptors (Lipinski definition) is 5. The zero-order valence-corrected chi connectivity index (χ0v) is 10.8. The predicted octanol–water partition coefficient (Wildman–Crippen LogP) is 1.96. The number of nitro groups is 1. The average Bonchev–Trinajstić information content (AvgIpc) is 2.44. The molecule has 2 aromatic rings. The largest absolute Gasteiger partial charge is 0.394 e. The standard InChI is InChI=1S/C13H15N3O3/c1-9(8-17)15(2)13-10-5-3-4-6-11(10)14-7-12(13)16(18)19/h3-7,9,17H,8H2,1-2H3. The Bertz CT molecular complexity index is 615. The van der Waals surface area contributed by atoms with E-state index in [2.05, 4.69) is 4.98 Å². The van der Waals surface area contributed by atoms with E-state index < -0.39 is 4.92 Å². The van der Waals surface area contributed by atoms with Crippen LogP contribution >= 0.6 is 0 Å². The lowest BCUT2D eigenvalue weighted by molar-refractivity contribution is -0.384. The van der Waals surface area contributed by atoms with Gasteiger partial charge in [0.15, 0.2) is 0 Å². The third-order valence-corrected chi connectivity index (χ3v) is 3.20. The van der Waals surface area contributed by atoms with E-state index in [1.807, 2.05) is 12.1 Å². The van der Waals surface area contributed by atoms with E-state index in [9.17, 15) is 15.2 Å². The average molecular weight is 261 g/mol. The van der Waals surface area contributed by atoms with Crippen LogP contribution in [0.3, 0.4) is 0 Å². The highest BCUT2D eigenvalue weighted by Gasteiger charge is 2.23. The minimum absolute atomic E-state index is 0.0542. The van der Waals surface area contributed by atoms with Crippen LogP contribution in [0.1, 0.15) is 6.92 Å². The summed E-state index contributed by atoms with van der Waals surface area (Å²) in [6, 6.07) is 7.03. The van der Waals surface area contributed by atoms with Gasteiger partial charge in [0.25, 0.3) is 0 Å². The summed E-state index contributed by atoms with van der Waals surface area (Å²) >= 11 is 0. The summed E-state index contributed by atoms with van der Waals surface area (Å²) in [4.78, 5) is 16.5. The van der Waals surface area contributed by atoms with Gasteiger partial charge in [0.1, 0.15) is 11.9 Å². The number of fused-ring (bicyclic) bond motifs is 1. The number of anilines is 1. The molecule has 0 bridgehead atoms. The molecule has 0 amide bonds. The molecule has 1 N–H and O–H groups in total. The van der Waals surface area contributed by atoms with Crippen LogP contribution in [-0.2, 0) is 0 Å². The van der Waals surface area contributed by atoms with E-state index in [1.165, 1.54) is 6.20 Å². The number of benzene rings is 1. The van der Waals surface area contributed by atoms with Crippen LogP contribution in [0.5, 0.6) is 0 Å². The topological polar surface area (TPSA) is 79.5 Å². The zero-order valence-electron chi connectivity index (χ0n) is 10.8. The molecule has 0 aliphatic carbocycles. The molecule has 19 heavy (non-hydrogen) atoms. The number of rotatable bonds is 4. The van der Waals surface area contributed by atoms with Crippen LogP contribution in [0.4, 0.5) is 11.4 Å². The van der Waals surface area contributed by atoms with Crippen LogP contribution in [0.2, 0.25) is 0 Å². The minimum atomic E-state index is -0.449. The third kappa shape index (κ3) is 2.34. The molecule has 1 aromatic carbocycles. The van der Waals surface area contributed by atoms with Crippen molar-refractivity contribution in [2.24, 2.45) is 0 Å². The summed E-state index contributed by atoms with van der Waals surface area (Å²) in [6.45, 7) is 1.73. The van der Waals surface area contributed by atoms with Gasteiger partial charge in [-0.05, 0) is 13.0 Å². The number of aliphatic hydroxyl groups is 1. The molecule has 6 nitrogen and oxygen atoms in total. The number of para-hydroxylation sites is 1. The second-order valence-electron chi connectivity index (χ2n) is 4.41. The van der Waals surface area contributed by atoms with Gasteiger partial charge in [0.2, 0.25) is 0 Å². The maximum Gasteiger partial charge on any atom is 0.311 e. The number of likely N-dealkylation sites (N-methyl/N-ethyl adjacent to an activating group) is 1. The van der Waals surface area contributed by atoms with Crippen molar-refractivity contribution in [3.05, 3.63) is 40.6 Å². The van der Waals surface area contributed by atoms with Gasteiger partial charge >= 0.3 is 5.69 Å². The molecule has 0 saturated heterocycles. The molecular formula is C13H15N3O3. The Morgan fingerprint density at radius 3 is 2.79 bits per heavy atom. The Balaban J connectivity index is 2.72. The smallest absolute Gasteiger partial charge is 0.311 e. The highest BCUT2D eigenvalue weighted by atomic mass is 16.6. The first-order valence-electron chi connectivity index (χ1n) is 5.92. The summed E-state index contributed by atoms with van der Waals surface area (Å²) in [5.74, 6) is 0. The molecule has 100 valence electrons. The van der Waals surface area contributed by atoms with Crippen LogP contribution in [0.25, 0.3) is 10.9 Å². The van der Waals surface area contributed by atoms with Crippen molar-refractivity contribution < 1.29 is 10.0 Å². The molecule has 1 atom stereocenters. The Morgan fingerprint density at radius 2 is 2.16 bits per heavy atom. The van der Waals surface area contributed by atoms with Gasteiger partial charge in [-0.15, -0.1) is 0 Å². The number of aliphatic hydroxyl groups excluding tert-OH is 1. The molecule has 0 radical (unpaired) electrons. The van der Waals surface area contributed by atoms with Crippen LogP contribution in [-0.4, -0.2) is 34.7 Å². The van der Waals surface area contributed by atoms with Crippen molar-refractivity contribution >= 4 is 22.3 Å². The van der Waals surface area contributed by atoms with Crippen molar-refractivity contribution in [2.75, 3.05) is 18.6 Å². The molecular weight excluding hydrogens is 246 g/mol. The monoisotopic (exact) mass is 261 g/mol. The van der Waals surface area contributed by atoms with Gasteiger partial charge in [0.05, 0.1) is 17.0 Å². The fraction of sp³-hybridized carbons (Fsp3) is 0.308. The molecule has 0 aliphatic heterocycles. The molecule has 0 fully saturated rings. The SMILES string of the molecule is CC(CO)N(C)c1c([N+](=O)[O-])cnc2ccccc12. The molecule has 0 spiro atoms. The highest BCUT2D eigenvalue weighted by molar-refractivity contribution is 5.96. The van der Waals surface area contributed by atoms with Crippen molar-refractivity contribution in [1.82, 2.24) is 4.98 Å². The highest BCUT2D eigenvalue weighted by Crippen LogP contribution is 2.34. The Kier molecular flexibility index (Phi) is 3.62. The van der Waals surface area contributed by atoms with Crippen LogP contribution in [0.15, 0.2) is 30.5 Å². The second kappa shape index (κ2) is 5.19. The molecule has 1 unspecified atom stereocenters. The van der Waals surface area contributed by atoms with Crippen molar-refractivity contribution in [3.8, 4) is 0 Å². The first kappa shape index (κ1) is 13.2. The van der Waals surface area contributed by atoms with Gasteiger partial charge in [-0.2, -0.15) is 0 Å². The Labute approximate surface area is 110 Å².